The molecule has 300 valence electrons. The number of rotatable bonds is 16. The summed E-state index contributed by atoms with van der Waals surface area (Å²) in [6, 6.07) is 0. The predicted octanol–water partition coefficient (Wildman–Crippen LogP) is 15.2. The van der Waals surface area contributed by atoms with Gasteiger partial charge in [-0.15, -0.1) is 0 Å². The molecule has 0 aromatic rings. The van der Waals surface area contributed by atoms with Gasteiger partial charge in [-0.05, 0) is 99.3 Å². The van der Waals surface area contributed by atoms with Gasteiger partial charge < -0.3 is 4.74 Å². The fourth-order valence-electron chi connectivity index (χ4n) is 12.6. The van der Waals surface area contributed by atoms with E-state index in [9.17, 15) is 0 Å². The summed E-state index contributed by atoms with van der Waals surface area (Å²) in [4.78, 5) is 0. The van der Waals surface area contributed by atoms with E-state index in [0.29, 0.717) is 0 Å². The first kappa shape index (κ1) is 41.3. The number of allylic oxidation sites excluding steroid dienone is 4. The van der Waals surface area contributed by atoms with Crippen LogP contribution in [0.15, 0.2) is 48.1 Å². The molecule has 0 bridgehead atoms. The molecule has 53 heavy (non-hydrogen) atoms. The van der Waals surface area contributed by atoms with Crippen molar-refractivity contribution in [3.8, 4) is 0 Å². The first-order chi connectivity index (χ1) is 25.7. The van der Waals surface area contributed by atoms with Crippen LogP contribution in [0.1, 0.15) is 181 Å². The van der Waals surface area contributed by atoms with E-state index in [0.717, 1.165) is 127 Å². The molecule has 0 amide bonds. The predicted molar refractivity (Wildman–Crippen MR) is 212 cm³/mol. The first-order valence-electron chi connectivity index (χ1n) is 22.8. The molecule has 4 saturated carbocycles. The summed E-state index contributed by atoms with van der Waals surface area (Å²) in [5.74, 6) is -0.131. The van der Waals surface area contributed by atoms with Gasteiger partial charge in [0.25, 0.3) is 0 Å². The maximum absolute atomic E-state index is 17.3. The minimum atomic E-state index is -2.06. The van der Waals surface area contributed by atoms with E-state index in [4.69, 9.17) is 4.74 Å². The molecule has 1 nitrogen and oxygen atoms in total. The minimum absolute atomic E-state index is 0.196. The molecule has 5 heteroatoms. The van der Waals surface area contributed by atoms with E-state index in [-0.39, 0.29) is 36.9 Å². The lowest BCUT2D eigenvalue weighted by Gasteiger charge is -2.53. The molecule has 0 heterocycles. The van der Waals surface area contributed by atoms with Gasteiger partial charge in [-0.25, -0.2) is 17.6 Å². The van der Waals surface area contributed by atoms with E-state index in [1.807, 2.05) is 12.2 Å². The highest BCUT2D eigenvalue weighted by atomic mass is 19.2. The maximum atomic E-state index is 17.3. The molecular formula is C48H74F4O. The summed E-state index contributed by atoms with van der Waals surface area (Å²) in [5, 5.41) is 0. The zero-order valence-corrected chi connectivity index (χ0v) is 33.6. The number of ether oxygens (including phenoxy) is 1. The Morgan fingerprint density at radius 2 is 0.925 bits per heavy atom. The third-order valence-electron chi connectivity index (χ3n) is 15.8. The van der Waals surface area contributed by atoms with E-state index in [1.165, 1.54) is 63.5 Å². The van der Waals surface area contributed by atoms with Crippen LogP contribution in [0.5, 0.6) is 0 Å². The van der Waals surface area contributed by atoms with Crippen LogP contribution in [0.4, 0.5) is 17.6 Å². The summed E-state index contributed by atoms with van der Waals surface area (Å²) in [7, 11) is 0. The Morgan fingerprint density at radius 1 is 0.547 bits per heavy atom. The van der Waals surface area contributed by atoms with Crippen LogP contribution in [0.2, 0.25) is 0 Å². The second-order valence-corrected chi connectivity index (χ2v) is 18.9. The molecule has 0 aliphatic heterocycles. The van der Waals surface area contributed by atoms with Gasteiger partial charge in [-0.3, -0.25) is 0 Å². The van der Waals surface area contributed by atoms with Crippen molar-refractivity contribution >= 4 is 0 Å². The zero-order valence-electron chi connectivity index (χ0n) is 33.6. The lowest BCUT2D eigenvalue weighted by Crippen LogP contribution is -2.52. The summed E-state index contributed by atoms with van der Waals surface area (Å²) in [5.41, 5.74) is -5.45. The number of hydrogen-bond acceptors (Lipinski definition) is 1. The Bertz CT molecular complexity index is 1160. The van der Waals surface area contributed by atoms with E-state index >= 15 is 17.6 Å². The molecule has 4 fully saturated rings. The van der Waals surface area contributed by atoms with Crippen LogP contribution in [-0.2, 0) is 4.74 Å². The molecular weight excluding hydrogens is 669 g/mol. The monoisotopic (exact) mass is 743 g/mol. The van der Waals surface area contributed by atoms with Gasteiger partial charge in [0.05, 0.1) is 13.2 Å². The second-order valence-electron chi connectivity index (χ2n) is 18.9. The molecule has 0 unspecified atom stereocenters. The smallest absolute Gasteiger partial charge is 0.185 e. The standard InChI is InChI=1S/C48H74F4O/c1-3-5-9-15-37-17-21-41(22-18-37)45(27-11-7-12-28-45)47(51)31-25-39(33-43(47)49)35-53-36-40-26-32-48(52,44(50)34-40)46(29-13-8-14-30-46)42-23-19-38(20-24-42)16-10-6-4-2/h25-26,31-34,37-42H,3-24,27-30,35-36H2,1-2H3/t37-,38-,39-,40-,41-,42-,47-,48-/m1/s1. The van der Waals surface area contributed by atoms with Crippen molar-refractivity contribution in [3.05, 3.63) is 48.1 Å². The van der Waals surface area contributed by atoms with E-state index < -0.39 is 33.8 Å². The van der Waals surface area contributed by atoms with Gasteiger partial charge >= 0.3 is 0 Å². The Hall–Kier alpha value is -1.36. The molecule has 0 aromatic heterocycles. The van der Waals surface area contributed by atoms with E-state index in [1.54, 1.807) is 12.2 Å². The average molecular weight is 743 g/mol. The number of alkyl halides is 2. The van der Waals surface area contributed by atoms with Gasteiger partial charge in [-0.2, -0.15) is 0 Å². The minimum Gasteiger partial charge on any atom is -0.380 e. The summed E-state index contributed by atoms with van der Waals surface area (Å²) in [6.45, 7) is 4.88. The maximum Gasteiger partial charge on any atom is 0.185 e. The molecule has 6 aliphatic carbocycles. The van der Waals surface area contributed by atoms with Crippen molar-refractivity contribution in [2.45, 2.75) is 192 Å². The fraction of sp³-hybridized carbons (Fsp3) is 0.833. The second kappa shape index (κ2) is 18.7. The lowest BCUT2D eigenvalue weighted by atomic mass is 9.53. The van der Waals surface area contributed by atoms with Gasteiger partial charge in [0.15, 0.2) is 11.3 Å². The highest BCUT2D eigenvalue weighted by molar-refractivity contribution is 5.35. The van der Waals surface area contributed by atoms with Crippen molar-refractivity contribution < 1.29 is 22.3 Å². The number of halogens is 4. The Kier molecular flexibility index (Phi) is 14.6. The third-order valence-corrected chi connectivity index (χ3v) is 15.8. The molecule has 0 saturated heterocycles. The van der Waals surface area contributed by atoms with Gasteiger partial charge in [0.1, 0.15) is 11.7 Å². The van der Waals surface area contributed by atoms with Crippen molar-refractivity contribution in [2.75, 3.05) is 13.2 Å². The van der Waals surface area contributed by atoms with Gasteiger partial charge in [0, 0.05) is 22.7 Å². The normalized spacial score (nSPS) is 37.2. The van der Waals surface area contributed by atoms with Gasteiger partial charge in [-0.1, -0.05) is 142 Å². The quantitative estimate of drug-likeness (QED) is 0.0869. The van der Waals surface area contributed by atoms with Crippen molar-refractivity contribution in [1.82, 2.24) is 0 Å². The SMILES string of the molecule is CCCCC[C@H]1CC[C@H](C2([C@@]3(F)C=C[C@@H](COC[C@@H]4C=C[C@](F)(C5([C@H]6CC[C@H](CCCCC)CC6)CCCCC5)C(F)=C4)C=C3F)CCCCC2)CC1. The van der Waals surface area contributed by atoms with Gasteiger partial charge in [0.2, 0.25) is 0 Å². The number of unbranched alkanes of at least 4 members (excludes halogenated alkanes) is 4. The van der Waals surface area contributed by atoms with Crippen LogP contribution < -0.4 is 0 Å². The van der Waals surface area contributed by atoms with Crippen molar-refractivity contribution in [3.63, 3.8) is 0 Å². The molecule has 0 N–H and O–H groups in total. The van der Waals surface area contributed by atoms with Crippen LogP contribution >= 0.6 is 0 Å². The van der Waals surface area contributed by atoms with Crippen molar-refractivity contribution in [2.24, 2.45) is 46.3 Å². The summed E-state index contributed by atoms with van der Waals surface area (Å²) >= 11 is 0. The Morgan fingerprint density at radius 3 is 1.26 bits per heavy atom. The molecule has 0 aromatic carbocycles. The molecule has 4 atom stereocenters. The largest absolute Gasteiger partial charge is 0.380 e. The molecule has 6 rings (SSSR count). The molecule has 6 aliphatic rings. The first-order valence-corrected chi connectivity index (χ1v) is 22.8. The van der Waals surface area contributed by atoms with Crippen LogP contribution in [0.3, 0.4) is 0 Å². The summed E-state index contributed by atoms with van der Waals surface area (Å²) in [6.07, 6.45) is 37.5. The Labute approximate surface area is 321 Å². The van der Waals surface area contributed by atoms with Crippen LogP contribution in [0.25, 0.3) is 0 Å². The topological polar surface area (TPSA) is 9.23 Å². The molecule has 0 spiro atoms. The number of hydrogen-bond donors (Lipinski definition) is 0. The van der Waals surface area contributed by atoms with E-state index in [2.05, 4.69) is 13.8 Å². The molecule has 0 radical (unpaired) electrons. The van der Waals surface area contributed by atoms with Crippen LogP contribution in [-0.4, -0.2) is 24.6 Å². The summed E-state index contributed by atoms with van der Waals surface area (Å²) < 4.78 is 73.0. The lowest BCUT2D eigenvalue weighted by molar-refractivity contribution is -0.0591. The fourth-order valence-corrected chi connectivity index (χ4v) is 12.6. The van der Waals surface area contributed by atoms with Crippen LogP contribution in [0, 0.1) is 46.3 Å². The highest BCUT2D eigenvalue weighted by Gasteiger charge is 2.60. The third kappa shape index (κ3) is 8.81. The highest BCUT2D eigenvalue weighted by Crippen LogP contribution is 2.62. The zero-order chi connectivity index (χ0) is 37.4. The van der Waals surface area contributed by atoms with Crippen molar-refractivity contribution in [1.29, 1.82) is 0 Å². The average Bonchev–Trinajstić information content (AvgIpc) is 3.19. The Balaban J connectivity index is 1.04.